The van der Waals surface area contributed by atoms with E-state index in [0.717, 1.165) is 37.4 Å². The van der Waals surface area contributed by atoms with Gasteiger partial charge in [-0.1, -0.05) is 6.92 Å². The van der Waals surface area contributed by atoms with Gasteiger partial charge in [-0.25, -0.2) is 4.98 Å². The molecule has 20 heavy (non-hydrogen) atoms. The van der Waals surface area contributed by atoms with Crippen molar-refractivity contribution in [2.75, 3.05) is 24.2 Å². The second-order valence-corrected chi connectivity index (χ2v) is 5.97. The van der Waals surface area contributed by atoms with Crippen molar-refractivity contribution in [1.29, 1.82) is 0 Å². The lowest BCUT2D eigenvalue weighted by Gasteiger charge is -2.21. The Morgan fingerprint density at radius 2 is 2.25 bits per heavy atom. The lowest BCUT2D eigenvalue weighted by atomic mass is 9.97. The summed E-state index contributed by atoms with van der Waals surface area (Å²) in [5.74, 6) is 2.97. The zero-order valence-electron chi connectivity index (χ0n) is 11.7. The Kier molecular flexibility index (Phi) is 7.95. The molecule has 2 rings (SSSR count). The van der Waals surface area contributed by atoms with Crippen LogP contribution in [0.15, 0.2) is 18.3 Å². The predicted octanol–water partition coefficient (Wildman–Crippen LogP) is 2.69. The Bertz CT molecular complexity index is 425. The SMILES string of the molecule is CCSCc1ccnc(NC(=O)C2CCNCC2)c1.Cl. The number of nitrogens with one attached hydrogen (secondary N) is 2. The molecule has 0 aromatic carbocycles. The number of piperidine rings is 1. The molecular formula is C14H22ClN3OS. The number of pyridine rings is 1. The summed E-state index contributed by atoms with van der Waals surface area (Å²) in [5, 5.41) is 6.21. The third kappa shape index (κ3) is 5.31. The van der Waals surface area contributed by atoms with Crippen LogP contribution in [0.1, 0.15) is 25.3 Å². The van der Waals surface area contributed by atoms with Crippen molar-refractivity contribution in [2.45, 2.75) is 25.5 Å². The lowest BCUT2D eigenvalue weighted by molar-refractivity contribution is -0.120. The van der Waals surface area contributed by atoms with Gasteiger partial charge in [-0.15, -0.1) is 12.4 Å². The normalized spacial score (nSPS) is 15.4. The molecule has 1 aromatic heterocycles. The van der Waals surface area contributed by atoms with Crippen LogP contribution >= 0.6 is 24.2 Å². The number of carbonyl (C=O) groups excluding carboxylic acids is 1. The van der Waals surface area contributed by atoms with E-state index in [0.29, 0.717) is 5.82 Å². The van der Waals surface area contributed by atoms with Crippen LogP contribution < -0.4 is 10.6 Å². The van der Waals surface area contributed by atoms with Crippen LogP contribution in [-0.4, -0.2) is 29.7 Å². The second-order valence-electron chi connectivity index (χ2n) is 4.70. The van der Waals surface area contributed by atoms with E-state index in [9.17, 15) is 4.79 Å². The maximum absolute atomic E-state index is 12.1. The third-order valence-electron chi connectivity index (χ3n) is 3.26. The molecule has 6 heteroatoms. The standard InChI is InChI=1S/C14H21N3OS.ClH/c1-2-19-10-11-3-8-16-13(9-11)17-14(18)12-4-6-15-7-5-12;/h3,8-9,12,15H,2,4-7,10H2,1H3,(H,16,17,18);1H. The monoisotopic (exact) mass is 315 g/mol. The van der Waals surface area contributed by atoms with Crippen LogP contribution in [-0.2, 0) is 10.5 Å². The molecule has 1 aliphatic rings. The van der Waals surface area contributed by atoms with Crippen LogP contribution in [0.5, 0.6) is 0 Å². The van der Waals surface area contributed by atoms with Gasteiger partial charge >= 0.3 is 0 Å². The topological polar surface area (TPSA) is 54.0 Å². The van der Waals surface area contributed by atoms with E-state index in [2.05, 4.69) is 22.5 Å². The van der Waals surface area contributed by atoms with Gasteiger partial charge < -0.3 is 10.6 Å². The van der Waals surface area contributed by atoms with Crippen molar-refractivity contribution in [3.8, 4) is 0 Å². The predicted molar refractivity (Wildman–Crippen MR) is 87.5 cm³/mol. The minimum absolute atomic E-state index is 0. The molecule has 0 spiro atoms. The first-order valence-electron chi connectivity index (χ1n) is 6.84. The molecule has 0 atom stereocenters. The summed E-state index contributed by atoms with van der Waals surface area (Å²) in [5.41, 5.74) is 1.21. The van der Waals surface area contributed by atoms with E-state index in [1.165, 1.54) is 5.56 Å². The van der Waals surface area contributed by atoms with E-state index in [1.807, 2.05) is 23.9 Å². The number of amides is 1. The van der Waals surface area contributed by atoms with E-state index < -0.39 is 0 Å². The lowest BCUT2D eigenvalue weighted by Crippen LogP contribution is -2.34. The van der Waals surface area contributed by atoms with Crippen LogP contribution in [0.2, 0.25) is 0 Å². The van der Waals surface area contributed by atoms with E-state index in [-0.39, 0.29) is 24.2 Å². The van der Waals surface area contributed by atoms with Gasteiger partial charge in [0.1, 0.15) is 5.82 Å². The molecule has 1 amide bonds. The first-order valence-corrected chi connectivity index (χ1v) is 7.99. The van der Waals surface area contributed by atoms with Gasteiger partial charge in [0.2, 0.25) is 5.91 Å². The quantitative estimate of drug-likeness (QED) is 0.877. The highest BCUT2D eigenvalue weighted by Gasteiger charge is 2.21. The Balaban J connectivity index is 0.00000200. The molecule has 1 aliphatic heterocycles. The average molecular weight is 316 g/mol. The molecule has 1 fully saturated rings. The summed E-state index contributed by atoms with van der Waals surface area (Å²) >= 11 is 1.87. The van der Waals surface area contributed by atoms with Crippen LogP contribution in [0.4, 0.5) is 5.82 Å². The Hall–Kier alpha value is -0.780. The molecule has 112 valence electrons. The molecular weight excluding hydrogens is 294 g/mol. The van der Waals surface area contributed by atoms with Gasteiger partial charge in [0.15, 0.2) is 0 Å². The highest BCUT2D eigenvalue weighted by molar-refractivity contribution is 7.98. The maximum Gasteiger partial charge on any atom is 0.228 e. The zero-order valence-corrected chi connectivity index (χ0v) is 13.4. The molecule has 0 aliphatic carbocycles. The number of anilines is 1. The van der Waals surface area contributed by atoms with Crippen molar-refractivity contribution in [2.24, 2.45) is 5.92 Å². The first kappa shape index (κ1) is 17.3. The number of aromatic nitrogens is 1. The van der Waals surface area contributed by atoms with Gasteiger partial charge in [-0.2, -0.15) is 11.8 Å². The van der Waals surface area contributed by atoms with Crippen molar-refractivity contribution in [1.82, 2.24) is 10.3 Å². The van der Waals surface area contributed by atoms with Gasteiger partial charge in [0.25, 0.3) is 0 Å². The van der Waals surface area contributed by atoms with Gasteiger partial charge in [-0.3, -0.25) is 4.79 Å². The molecule has 0 unspecified atom stereocenters. The third-order valence-corrected chi connectivity index (χ3v) is 4.20. The fourth-order valence-corrected chi connectivity index (χ4v) is 2.78. The van der Waals surface area contributed by atoms with E-state index >= 15 is 0 Å². The largest absolute Gasteiger partial charge is 0.317 e. The van der Waals surface area contributed by atoms with E-state index in [4.69, 9.17) is 0 Å². The highest BCUT2D eigenvalue weighted by Crippen LogP contribution is 2.17. The molecule has 1 aromatic rings. The van der Waals surface area contributed by atoms with Gasteiger partial charge in [-0.05, 0) is 49.4 Å². The summed E-state index contributed by atoms with van der Waals surface area (Å²) in [6.07, 6.45) is 3.60. The minimum atomic E-state index is 0. The number of rotatable bonds is 5. The first-order chi connectivity index (χ1) is 9.29. The highest BCUT2D eigenvalue weighted by atomic mass is 35.5. The summed E-state index contributed by atoms with van der Waals surface area (Å²) in [6, 6.07) is 3.98. The van der Waals surface area contributed by atoms with Crippen molar-refractivity contribution in [3.63, 3.8) is 0 Å². The smallest absolute Gasteiger partial charge is 0.228 e. The van der Waals surface area contributed by atoms with Crippen molar-refractivity contribution in [3.05, 3.63) is 23.9 Å². The van der Waals surface area contributed by atoms with Crippen molar-refractivity contribution >= 4 is 35.9 Å². The summed E-state index contributed by atoms with van der Waals surface area (Å²) < 4.78 is 0. The van der Waals surface area contributed by atoms with Gasteiger partial charge in [0.05, 0.1) is 0 Å². The van der Waals surface area contributed by atoms with Crippen LogP contribution in [0.3, 0.4) is 0 Å². The number of hydrogen-bond donors (Lipinski definition) is 2. The molecule has 0 saturated carbocycles. The Morgan fingerprint density at radius 1 is 1.50 bits per heavy atom. The number of carbonyl (C=O) groups is 1. The maximum atomic E-state index is 12.1. The fourth-order valence-electron chi connectivity index (χ4n) is 2.16. The molecule has 0 bridgehead atoms. The van der Waals surface area contributed by atoms with Crippen molar-refractivity contribution < 1.29 is 4.79 Å². The number of thioether (sulfide) groups is 1. The zero-order chi connectivity index (χ0) is 13.5. The number of hydrogen-bond acceptors (Lipinski definition) is 4. The molecule has 4 nitrogen and oxygen atoms in total. The average Bonchev–Trinajstić information content (AvgIpc) is 2.46. The van der Waals surface area contributed by atoms with E-state index in [1.54, 1.807) is 6.20 Å². The molecule has 2 N–H and O–H groups in total. The van der Waals surface area contributed by atoms with Crippen LogP contribution in [0, 0.1) is 5.92 Å². The molecule has 1 saturated heterocycles. The molecule has 2 heterocycles. The minimum Gasteiger partial charge on any atom is -0.317 e. The Labute approximate surface area is 130 Å². The molecule has 0 radical (unpaired) electrons. The number of nitrogens with zero attached hydrogens (tertiary/aromatic N) is 1. The second kappa shape index (κ2) is 9.21. The summed E-state index contributed by atoms with van der Waals surface area (Å²) in [7, 11) is 0. The Morgan fingerprint density at radius 3 is 2.95 bits per heavy atom. The summed E-state index contributed by atoms with van der Waals surface area (Å²) in [4.78, 5) is 16.3. The van der Waals surface area contributed by atoms with Gasteiger partial charge in [0, 0.05) is 17.9 Å². The number of halogens is 1. The van der Waals surface area contributed by atoms with Crippen LogP contribution in [0.25, 0.3) is 0 Å². The fraction of sp³-hybridized carbons (Fsp3) is 0.571. The summed E-state index contributed by atoms with van der Waals surface area (Å²) in [6.45, 7) is 4.00.